The topological polar surface area (TPSA) is 39.9 Å². The number of ether oxygens (including phenoxy) is 1. The Kier molecular flexibility index (Phi) is 3.88. The molecule has 0 aliphatic rings. The van der Waals surface area contributed by atoms with Crippen LogP contribution in [0.15, 0.2) is 54.9 Å². The molecule has 21 heavy (non-hydrogen) atoms. The molecule has 0 fully saturated rings. The van der Waals surface area contributed by atoms with Crippen molar-refractivity contribution < 1.29 is 4.74 Å². The molecule has 0 radical (unpaired) electrons. The minimum Gasteiger partial charge on any atom is -0.497 e. The number of aromatic nitrogens is 3. The van der Waals surface area contributed by atoms with Gasteiger partial charge in [-0.2, -0.15) is 0 Å². The van der Waals surface area contributed by atoms with Crippen LogP contribution in [0.25, 0.3) is 11.4 Å². The number of hydrogen-bond acceptors (Lipinski definition) is 3. The van der Waals surface area contributed by atoms with Gasteiger partial charge in [-0.05, 0) is 35.9 Å². The van der Waals surface area contributed by atoms with Crippen LogP contribution in [-0.2, 0) is 6.54 Å². The summed E-state index contributed by atoms with van der Waals surface area (Å²) < 4.78 is 7.14. The molecule has 0 unspecified atom stereocenters. The van der Waals surface area contributed by atoms with E-state index >= 15 is 0 Å². The van der Waals surface area contributed by atoms with E-state index < -0.39 is 0 Å². The average molecular weight is 300 g/mol. The van der Waals surface area contributed by atoms with Crippen molar-refractivity contribution in [2.45, 2.75) is 6.54 Å². The van der Waals surface area contributed by atoms with Gasteiger partial charge in [-0.25, -0.2) is 0 Å². The Morgan fingerprint density at radius 3 is 2.57 bits per heavy atom. The molecule has 0 saturated carbocycles. The van der Waals surface area contributed by atoms with Gasteiger partial charge in [0.2, 0.25) is 0 Å². The summed E-state index contributed by atoms with van der Waals surface area (Å²) in [5.41, 5.74) is 2.02. The number of benzene rings is 2. The first-order valence-electron chi connectivity index (χ1n) is 6.53. The predicted molar refractivity (Wildman–Crippen MR) is 82.6 cm³/mol. The largest absolute Gasteiger partial charge is 0.497 e. The Balaban J connectivity index is 1.91. The van der Waals surface area contributed by atoms with Crippen LogP contribution in [0.2, 0.25) is 5.02 Å². The second-order valence-corrected chi connectivity index (χ2v) is 5.01. The van der Waals surface area contributed by atoms with Crippen molar-refractivity contribution in [3.8, 4) is 17.1 Å². The molecule has 0 amide bonds. The van der Waals surface area contributed by atoms with Crippen molar-refractivity contribution in [1.82, 2.24) is 14.8 Å². The third kappa shape index (κ3) is 2.90. The predicted octanol–water partition coefficient (Wildman–Crippen LogP) is 3.66. The lowest BCUT2D eigenvalue weighted by molar-refractivity contribution is 0.415. The summed E-state index contributed by atoms with van der Waals surface area (Å²) in [5.74, 6) is 1.62. The van der Waals surface area contributed by atoms with Gasteiger partial charge in [-0.1, -0.05) is 29.8 Å². The first-order valence-corrected chi connectivity index (χ1v) is 6.91. The Morgan fingerprint density at radius 2 is 1.86 bits per heavy atom. The Hall–Kier alpha value is -2.33. The maximum atomic E-state index is 6.21. The lowest BCUT2D eigenvalue weighted by Gasteiger charge is -2.08. The second kappa shape index (κ2) is 5.97. The van der Waals surface area contributed by atoms with Crippen molar-refractivity contribution in [3.63, 3.8) is 0 Å². The molecule has 0 saturated heterocycles. The molecule has 1 heterocycles. The van der Waals surface area contributed by atoms with Crippen molar-refractivity contribution in [2.24, 2.45) is 0 Å². The fourth-order valence-electron chi connectivity index (χ4n) is 2.14. The second-order valence-electron chi connectivity index (χ2n) is 4.60. The smallest absolute Gasteiger partial charge is 0.164 e. The summed E-state index contributed by atoms with van der Waals surface area (Å²) >= 11 is 6.21. The zero-order chi connectivity index (χ0) is 14.7. The highest BCUT2D eigenvalue weighted by molar-refractivity contribution is 6.31. The van der Waals surface area contributed by atoms with E-state index in [4.69, 9.17) is 16.3 Å². The van der Waals surface area contributed by atoms with E-state index in [1.54, 1.807) is 13.4 Å². The summed E-state index contributed by atoms with van der Waals surface area (Å²) in [4.78, 5) is 0. The SMILES string of the molecule is COc1ccc(-c2nncn2Cc2ccccc2Cl)cc1. The highest BCUT2D eigenvalue weighted by Gasteiger charge is 2.09. The van der Waals surface area contributed by atoms with Crippen LogP contribution < -0.4 is 4.74 Å². The van der Waals surface area contributed by atoms with Crippen LogP contribution in [0.1, 0.15) is 5.56 Å². The molecular weight excluding hydrogens is 286 g/mol. The summed E-state index contributed by atoms with van der Waals surface area (Å²) in [6.45, 7) is 0.633. The summed E-state index contributed by atoms with van der Waals surface area (Å²) in [6, 6.07) is 15.5. The van der Waals surface area contributed by atoms with Gasteiger partial charge < -0.3 is 9.30 Å². The molecule has 106 valence electrons. The van der Waals surface area contributed by atoms with Crippen molar-refractivity contribution >= 4 is 11.6 Å². The van der Waals surface area contributed by atoms with E-state index in [-0.39, 0.29) is 0 Å². The Morgan fingerprint density at radius 1 is 1.10 bits per heavy atom. The number of halogens is 1. The fraction of sp³-hybridized carbons (Fsp3) is 0.125. The zero-order valence-corrected chi connectivity index (χ0v) is 12.3. The van der Waals surface area contributed by atoms with Gasteiger partial charge in [-0.3, -0.25) is 0 Å². The summed E-state index contributed by atoms with van der Waals surface area (Å²) in [7, 11) is 1.65. The Labute approximate surface area is 128 Å². The molecule has 4 nitrogen and oxygen atoms in total. The van der Waals surface area contributed by atoms with E-state index in [1.807, 2.05) is 53.1 Å². The minimum absolute atomic E-state index is 0.633. The number of nitrogens with zero attached hydrogens (tertiary/aromatic N) is 3. The summed E-state index contributed by atoms with van der Waals surface area (Å²) in [5, 5.41) is 8.94. The third-order valence-corrected chi connectivity index (χ3v) is 3.63. The molecule has 0 N–H and O–H groups in total. The summed E-state index contributed by atoms with van der Waals surface area (Å²) in [6.07, 6.45) is 1.71. The third-order valence-electron chi connectivity index (χ3n) is 3.26. The normalized spacial score (nSPS) is 10.6. The average Bonchev–Trinajstić information content (AvgIpc) is 2.98. The number of rotatable bonds is 4. The molecule has 3 aromatic rings. The quantitative estimate of drug-likeness (QED) is 0.738. The van der Waals surface area contributed by atoms with Crippen molar-refractivity contribution in [3.05, 3.63) is 65.4 Å². The Bertz CT molecular complexity index is 737. The molecular formula is C16H14ClN3O. The molecule has 0 aliphatic heterocycles. The molecule has 0 atom stereocenters. The van der Waals surface area contributed by atoms with E-state index in [1.165, 1.54) is 0 Å². The van der Waals surface area contributed by atoms with Gasteiger partial charge >= 0.3 is 0 Å². The molecule has 0 bridgehead atoms. The molecule has 5 heteroatoms. The van der Waals surface area contributed by atoms with Gasteiger partial charge in [0.05, 0.1) is 13.7 Å². The monoisotopic (exact) mass is 299 g/mol. The van der Waals surface area contributed by atoms with Gasteiger partial charge in [0, 0.05) is 10.6 Å². The van der Waals surface area contributed by atoms with E-state index in [9.17, 15) is 0 Å². The van der Waals surface area contributed by atoms with Crippen LogP contribution in [-0.4, -0.2) is 21.9 Å². The van der Waals surface area contributed by atoms with Crippen LogP contribution >= 0.6 is 11.6 Å². The van der Waals surface area contributed by atoms with Crippen LogP contribution in [0.3, 0.4) is 0 Å². The number of hydrogen-bond donors (Lipinski definition) is 0. The number of methoxy groups -OCH3 is 1. The lowest BCUT2D eigenvalue weighted by atomic mass is 10.2. The van der Waals surface area contributed by atoms with Gasteiger partial charge in [-0.15, -0.1) is 10.2 Å². The highest BCUT2D eigenvalue weighted by atomic mass is 35.5. The molecule has 2 aromatic carbocycles. The van der Waals surface area contributed by atoms with Gasteiger partial charge in [0.15, 0.2) is 5.82 Å². The van der Waals surface area contributed by atoms with Gasteiger partial charge in [0.1, 0.15) is 12.1 Å². The first-order chi connectivity index (χ1) is 10.3. The molecule has 0 spiro atoms. The van der Waals surface area contributed by atoms with Crippen LogP contribution in [0.4, 0.5) is 0 Å². The van der Waals surface area contributed by atoms with Crippen LogP contribution in [0.5, 0.6) is 5.75 Å². The minimum atomic E-state index is 0.633. The molecule has 3 rings (SSSR count). The molecule has 1 aromatic heterocycles. The van der Waals surface area contributed by atoms with Crippen LogP contribution in [0, 0.1) is 0 Å². The highest BCUT2D eigenvalue weighted by Crippen LogP contribution is 2.22. The van der Waals surface area contributed by atoms with Crippen molar-refractivity contribution in [1.29, 1.82) is 0 Å². The van der Waals surface area contributed by atoms with E-state index in [0.717, 1.165) is 27.7 Å². The van der Waals surface area contributed by atoms with Crippen molar-refractivity contribution in [2.75, 3.05) is 7.11 Å². The van der Waals surface area contributed by atoms with Gasteiger partial charge in [0.25, 0.3) is 0 Å². The van der Waals surface area contributed by atoms with E-state index in [0.29, 0.717) is 6.54 Å². The molecule has 0 aliphatic carbocycles. The zero-order valence-electron chi connectivity index (χ0n) is 11.5. The fourth-order valence-corrected chi connectivity index (χ4v) is 2.34. The maximum Gasteiger partial charge on any atom is 0.164 e. The first kappa shape index (κ1) is 13.6. The maximum absolute atomic E-state index is 6.21. The lowest BCUT2D eigenvalue weighted by Crippen LogP contribution is -2.01. The standard InChI is InChI=1S/C16H14ClN3O/c1-21-14-8-6-12(7-9-14)16-19-18-11-20(16)10-13-4-2-3-5-15(13)17/h2-9,11H,10H2,1H3. The van der Waals surface area contributed by atoms with E-state index in [2.05, 4.69) is 10.2 Å².